The van der Waals surface area contributed by atoms with Gasteiger partial charge in [-0.2, -0.15) is 0 Å². The molecule has 1 heterocycles. The van der Waals surface area contributed by atoms with Crippen LogP contribution in [0, 0.1) is 0 Å². The Morgan fingerprint density at radius 2 is 2.05 bits per heavy atom. The Labute approximate surface area is 120 Å². The standard InChI is InChI=1S/C14H14N2O3S/c1-9(10-5-3-2-4-6-10)13(17)15-7-12-16-11(8-20-12)14(18)19/h2-6,8-9H,7H2,1H3,(H,15,17)(H,18,19). The molecule has 2 aromatic rings. The molecule has 0 spiro atoms. The van der Waals surface area contributed by atoms with E-state index in [-0.39, 0.29) is 24.1 Å². The molecule has 104 valence electrons. The third-order valence-corrected chi connectivity index (χ3v) is 3.73. The first-order valence-corrected chi connectivity index (χ1v) is 6.96. The molecule has 0 saturated carbocycles. The predicted octanol–water partition coefficient (Wildman–Crippen LogP) is 2.26. The van der Waals surface area contributed by atoms with Gasteiger partial charge < -0.3 is 10.4 Å². The molecule has 5 nitrogen and oxygen atoms in total. The number of carboxylic acids is 1. The molecule has 0 radical (unpaired) electrons. The summed E-state index contributed by atoms with van der Waals surface area (Å²) in [6.45, 7) is 2.07. The molecule has 0 saturated heterocycles. The summed E-state index contributed by atoms with van der Waals surface area (Å²) in [4.78, 5) is 26.6. The second kappa shape index (κ2) is 6.29. The third-order valence-electron chi connectivity index (χ3n) is 2.88. The number of benzene rings is 1. The number of aromatic nitrogens is 1. The maximum atomic E-state index is 12.0. The topological polar surface area (TPSA) is 79.3 Å². The Bertz CT molecular complexity index is 610. The van der Waals surface area contributed by atoms with Crippen LogP contribution in [-0.4, -0.2) is 22.0 Å². The van der Waals surface area contributed by atoms with Gasteiger partial charge in [-0.1, -0.05) is 30.3 Å². The lowest BCUT2D eigenvalue weighted by molar-refractivity contribution is -0.122. The van der Waals surface area contributed by atoms with E-state index in [1.165, 1.54) is 16.7 Å². The van der Waals surface area contributed by atoms with Gasteiger partial charge in [0.2, 0.25) is 5.91 Å². The lowest BCUT2D eigenvalue weighted by atomic mass is 10.0. The van der Waals surface area contributed by atoms with Crippen molar-refractivity contribution < 1.29 is 14.7 Å². The van der Waals surface area contributed by atoms with Crippen molar-refractivity contribution in [3.63, 3.8) is 0 Å². The fraction of sp³-hybridized carbons (Fsp3) is 0.214. The van der Waals surface area contributed by atoms with E-state index in [2.05, 4.69) is 10.3 Å². The van der Waals surface area contributed by atoms with Gasteiger partial charge in [-0.25, -0.2) is 9.78 Å². The summed E-state index contributed by atoms with van der Waals surface area (Å²) < 4.78 is 0. The number of amides is 1. The number of hydrogen-bond donors (Lipinski definition) is 2. The number of carboxylic acid groups (broad SMARTS) is 1. The van der Waals surface area contributed by atoms with Crippen LogP contribution < -0.4 is 5.32 Å². The number of nitrogens with one attached hydrogen (secondary N) is 1. The SMILES string of the molecule is CC(C(=O)NCc1nc(C(=O)O)cs1)c1ccccc1. The Balaban J connectivity index is 1.93. The summed E-state index contributed by atoms with van der Waals surface area (Å²) in [5.74, 6) is -1.42. The minimum absolute atomic E-state index is 0.00959. The van der Waals surface area contributed by atoms with E-state index in [1.807, 2.05) is 37.3 Å². The number of thiazole rings is 1. The summed E-state index contributed by atoms with van der Waals surface area (Å²) in [5.41, 5.74) is 0.950. The highest BCUT2D eigenvalue weighted by atomic mass is 32.1. The van der Waals surface area contributed by atoms with Crippen molar-refractivity contribution in [1.82, 2.24) is 10.3 Å². The molecule has 1 aromatic heterocycles. The van der Waals surface area contributed by atoms with Crippen LogP contribution in [0.3, 0.4) is 0 Å². The average molecular weight is 290 g/mol. The molecular formula is C14H14N2O3S. The molecular weight excluding hydrogens is 276 g/mol. The van der Waals surface area contributed by atoms with Gasteiger partial charge in [0, 0.05) is 5.38 Å². The quantitative estimate of drug-likeness (QED) is 0.885. The summed E-state index contributed by atoms with van der Waals surface area (Å²) >= 11 is 1.22. The van der Waals surface area contributed by atoms with Gasteiger partial charge in [0.1, 0.15) is 5.01 Å². The van der Waals surface area contributed by atoms with Crippen molar-refractivity contribution in [2.24, 2.45) is 0 Å². The molecule has 0 fully saturated rings. The Morgan fingerprint density at radius 3 is 2.65 bits per heavy atom. The van der Waals surface area contributed by atoms with Crippen LogP contribution in [0.4, 0.5) is 0 Å². The zero-order chi connectivity index (χ0) is 14.5. The number of carbonyl (C=O) groups excluding carboxylic acids is 1. The monoisotopic (exact) mass is 290 g/mol. The van der Waals surface area contributed by atoms with Gasteiger partial charge >= 0.3 is 5.97 Å². The lowest BCUT2D eigenvalue weighted by Crippen LogP contribution is -2.27. The fourth-order valence-electron chi connectivity index (χ4n) is 1.70. The molecule has 0 bridgehead atoms. The molecule has 0 aliphatic carbocycles. The molecule has 1 amide bonds. The maximum absolute atomic E-state index is 12.0. The lowest BCUT2D eigenvalue weighted by Gasteiger charge is -2.11. The Hall–Kier alpha value is -2.21. The second-order valence-corrected chi connectivity index (χ2v) is 5.22. The first-order valence-electron chi connectivity index (χ1n) is 6.08. The van der Waals surface area contributed by atoms with E-state index in [4.69, 9.17) is 5.11 Å². The van der Waals surface area contributed by atoms with Crippen molar-refractivity contribution in [2.45, 2.75) is 19.4 Å². The number of carbonyl (C=O) groups is 2. The average Bonchev–Trinajstić information content (AvgIpc) is 2.94. The van der Waals surface area contributed by atoms with Crippen molar-refractivity contribution in [3.8, 4) is 0 Å². The molecule has 2 N–H and O–H groups in total. The summed E-state index contributed by atoms with van der Waals surface area (Å²) in [6.07, 6.45) is 0. The normalized spacial score (nSPS) is 11.8. The second-order valence-electron chi connectivity index (χ2n) is 4.28. The van der Waals surface area contributed by atoms with Crippen molar-refractivity contribution in [1.29, 1.82) is 0 Å². The molecule has 0 aliphatic rings. The van der Waals surface area contributed by atoms with Gasteiger partial charge in [-0.05, 0) is 12.5 Å². The number of hydrogen-bond acceptors (Lipinski definition) is 4. The van der Waals surface area contributed by atoms with Gasteiger partial charge in [0.25, 0.3) is 0 Å². The minimum atomic E-state index is -1.06. The van der Waals surface area contributed by atoms with Crippen LogP contribution in [0.2, 0.25) is 0 Å². The van der Waals surface area contributed by atoms with Gasteiger partial charge in [-0.3, -0.25) is 4.79 Å². The molecule has 20 heavy (non-hydrogen) atoms. The van der Waals surface area contributed by atoms with E-state index in [0.29, 0.717) is 5.01 Å². The van der Waals surface area contributed by atoms with Gasteiger partial charge in [0.15, 0.2) is 5.69 Å². The minimum Gasteiger partial charge on any atom is -0.476 e. The third kappa shape index (κ3) is 3.42. The highest BCUT2D eigenvalue weighted by molar-refractivity contribution is 7.09. The molecule has 6 heteroatoms. The van der Waals surface area contributed by atoms with Crippen LogP contribution in [0.1, 0.15) is 33.9 Å². The van der Waals surface area contributed by atoms with Crippen LogP contribution in [0.25, 0.3) is 0 Å². The first kappa shape index (κ1) is 14.2. The number of nitrogens with zero attached hydrogens (tertiary/aromatic N) is 1. The zero-order valence-corrected chi connectivity index (χ0v) is 11.7. The van der Waals surface area contributed by atoms with E-state index in [1.54, 1.807) is 0 Å². The smallest absolute Gasteiger partial charge is 0.355 e. The van der Waals surface area contributed by atoms with Crippen molar-refractivity contribution >= 4 is 23.2 Å². The van der Waals surface area contributed by atoms with E-state index < -0.39 is 5.97 Å². The van der Waals surface area contributed by atoms with Gasteiger partial charge in [-0.15, -0.1) is 11.3 Å². The maximum Gasteiger partial charge on any atom is 0.355 e. The molecule has 1 aromatic carbocycles. The van der Waals surface area contributed by atoms with Gasteiger partial charge in [0.05, 0.1) is 12.5 Å². The fourth-order valence-corrected chi connectivity index (χ4v) is 2.41. The summed E-state index contributed by atoms with van der Waals surface area (Å²) in [7, 11) is 0. The van der Waals surface area contributed by atoms with Crippen LogP contribution in [0.5, 0.6) is 0 Å². The highest BCUT2D eigenvalue weighted by Gasteiger charge is 2.15. The largest absolute Gasteiger partial charge is 0.476 e. The van der Waals surface area contributed by atoms with Crippen LogP contribution >= 0.6 is 11.3 Å². The van der Waals surface area contributed by atoms with Crippen molar-refractivity contribution in [3.05, 3.63) is 52.0 Å². The molecule has 1 atom stereocenters. The number of aromatic carboxylic acids is 1. The van der Waals surface area contributed by atoms with E-state index >= 15 is 0 Å². The molecule has 1 unspecified atom stereocenters. The predicted molar refractivity (Wildman–Crippen MR) is 75.8 cm³/mol. The zero-order valence-electron chi connectivity index (χ0n) is 10.9. The Kier molecular flexibility index (Phi) is 4.47. The summed E-state index contributed by atoms with van der Waals surface area (Å²) in [5, 5.41) is 13.6. The summed E-state index contributed by atoms with van der Waals surface area (Å²) in [6, 6.07) is 9.47. The van der Waals surface area contributed by atoms with Crippen molar-refractivity contribution in [2.75, 3.05) is 0 Å². The first-order chi connectivity index (χ1) is 9.58. The Morgan fingerprint density at radius 1 is 1.35 bits per heavy atom. The molecule has 0 aliphatic heterocycles. The number of rotatable bonds is 5. The van der Waals surface area contributed by atoms with Crippen LogP contribution in [-0.2, 0) is 11.3 Å². The molecule has 2 rings (SSSR count). The van der Waals surface area contributed by atoms with Crippen LogP contribution in [0.15, 0.2) is 35.7 Å². The van der Waals surface area contributed by atoms with E-state index in [9.17, 15) is 9.59 Å². The highest BCUT2D eigenvalue weighted by Crippen LogP contribution is 2.15. The van der Waals surface area contributed by atoms with E-state index in [0.717, 1.165) is 5.56 Å².